The summed E-state index contributed by atoms with van der Waals surface area (Å²) in [6, 6.07) is 16.8. The van der Waals surface area contributed by atoms with Gasteiger partial charge >= 0.3 is 0 Å². The van der Waals surface area contributed by atoms with Gasteiger partial charge in [0.15, 0.2) is 0 Å². The van der Waals surface area contributed by atoms with Gasteiger partial charge in [-0.15, -0.1) is 0 Å². The first-order valence-electron chi connectivity index (χ1n) is 12.6. The van der Waals surface area contributed by atoms with Crippen molar-refractivity contribution in [2.45, 2.75) is 59.2 Å². The van der Waals surface area contributed by atoms with Crippen LogP contribution in [0.15, 0.2) is 48.5 Å². The second-order valence-corrected chi connectivity index (χ2v) is 9.65. The number of aromatic nitrogens is 2. The van der Waals surface area contributed by atoms with Crippen molar-refractivity contribution in [1.82, 2.24) is 19.4 Å². The topological polar surface area (TPSA) is 50.6 Å². The first kappa shape index (κ1) is 24.3. The molecule has 0 saturated carbocycles. The van der Waals surface area contributed by atoms with Gasteiger partial charge in [0.1, 0.15) is 11.6 Å². The molecule has 1 aliphatic heterocycles. The Morgan fingerprint density at radius 2 is 1.91 bits per heavy atom. The number of rotatable bonds is 9. The SMILES string of the molecule is CCCN(C(=O)[C@@H]1CCCN(Cc2nc3ccccc3n2Cc2ccc(OC)cc2)C1)C(C)C. The maximum absolute atomic E-state index is 13.3. The number of piperidine rings is 1. The zero-order valence-electron chi connectivity index (χ0n) is 21.0. The first-order valence-corrected chi connectivity index (χ1v) is 12.6. The Labute approximate surface area is 203 Å². The molecule has 0 N–H and O–H groups in total. The van der Waals surface area contributed by atoms with E-state index in [2.05, 4.69) is 65.5 Å². The zero-order chi connectivity index (χ0) is 24.1. The van der Waals surface area contributed by atoms with Crippen molar-refractivity contribution in [2.24, 2.45) is 5.92 Å². The molecule has 182 valence electrons. The van der Waals surface area contributed by atoms with Crippen molar-refractivity contribution in [1.29, 1.82) is 0 Å². The van der Waals surface area contributed by atoms with E-state index in [0.29, 0.717) is 5.91 Å². The predicted octanol–water partition coefficient (Wildman–Crippen LogP) is 4.95. The molecule has 0 radical (unpaired) electrons. The number of imidazole rings is 1. The molecule has 1 aromatic heterocycles. The van der Waals surface area contributed by atoms with Crippen molar-refractivity contribution in [2.75, 3.05) is 26.7 Å². The number of methoxy groups -OCH3 is 1. The van der Waals surface area contributed by atoms with Crippen LogP contribution in [0.3, 0.4) is 0 Å². The van der Waals surface area contributed by atoms with E-state index < -0.39 is 0 Å². The molecule has 34 heavy (non-hydrogen) atoms. The van der Waals surface area contributed by atoms with Gasteiger partial charge in [-0.05, 0) is 69.5 Å². The lowest BCUT2D eigenvalue weighted by atomic mass is 9.95. The molecule has 4 rings (SSSR count). The van der Waals surface area contributed by atoms with Crippen LogP contribution >= 0.6 is 0 Å². The molecular formula is C28H38N4O2. The number of ether oxygens (including phenoxy) is 1. The van der Waals surface area contributed by atoms with Gasteiger partial charge in [0.05, 0.1) is 30.6 Å². The third-order valence-corrected chi connectivity index (χ3v) is 6.82. The van der Waals surface area contributed by atoms with Crippen molar-refractivity contribution in [3.63, 3.8) is 0 Å². The van der Waals surface area contributed by atoms with E-state index in [1.807, 2.05) is 18.2 Å². The summed E-state index contributed by atoms with van der Waals surface area (Å²) in [7, 11) is 1.69. The molecule has 6 nitrogen and oxygen atoms in total. The molecule has 1 saturated heterocycles. The van der Waals surface area contributed by atoms with Crippen LogP contribution in [-0.2, 0) is 17.9 Å². The lowest BCUT2D eigenvalue weighted by Gasteiger charge is -2.36. The van der Waals surface area contributed by atoms with E-state index in [4.69, 9.17) is 9.72 Å². The maximum atomic E-state index is 13.3. The minimum atomic E-state index is 0.0714. The van der Waals surface area contributed by atoms with Crippen molar-refractivity contribution in [3.8, 4) is 5.75 Å². The maximum Gasteiger partial charge on any atom is 0.227 e. The molecule has 0 spiro atoms. The molecule has 0 aliphatic carbocycles. The second kappa shape index (κ2) is 11.0. The highest BCUT2D eigenvalue weighted by atomic mass is 16.5. The first-order chi connectivity index (χ1) is 16.5. The number of benzene rings is 2. The molecule has 6 heteroatoms. The van der Waals surface area contributed by atoms with Crippen LogP contribution in [0.25, 0.3) is 11.0 Å². The number of carbonyl (C=O) groups is 1. The van der Waals surface area contributed by atoms with E-state index in [1.54, 1.807) is 7.11 Å². The van der Waals surface area contributed by atoms with Crippen molar-refractivity contribution < 1.29 is 9.53 Å². The molecule has 0 bridgehead atoms. The van der Waals surface area contributed by atoms with Crippen molar-refractivity contribution in [3.05, 3.63) is 59.9 Å². The second-order valence-electron chi connectivity index (χ2n) is 9.65. The summed E-state index contributed by atoms with van der Waals surface area (Å²) in [4.78, 5) is 22.8. The van der Waals surface area contributed by atoms with E-state index >= 15 is 0 Å². The summed E-state index contributed by atoms with van der Waals surface area (Å²) in [5, 5.41) is 0. The van der Waals surface area contributed by atoms with Gasteiger partial charge in [-0.25, -0.2) is 4.98 Å². The number of carbonyl (C=O) groups excluding carboxylic acids is 1. The van der Waals surface area contributed by atoms with Gasteiger partial charge < -0.3 is 14.2 Å². The molecule has 1 aliphatic rings. The summed E-state index contributed by atoms with van der Waals surface area (Å²) in [6.45, 7) is 10.5. The van der Waals surface area contributed by atoms with Gasteiger partial charge in [-0.1, -0.05) is 31.2 Å². The standard InChI is InChI=1S/C28H38N4O2/c1-5-16-31(21(2)3)28(33)23-9-8-17-30(19-23)20-27-29-25-10-6-7-11-26(25)32(27)18-22-12-14-24(34-4)15-13-22/h6-7,10-15,21,23H,5,8-9,16-20H2,1-4H3/t23-/m1/s1. The Hall–Kier alpha value is -2.86. The molecule has 3 aromatic rings. The summed E-state index contributed by atoms with van der Waals surface area (Å²) < 4.78 is 7.64. The van der Waals surface area contributed by atoms with E-state index in [0.717, 1.165) is 74.6 Å². The van der Waals surface area contributed by atoms with Crippen LogP contribution in [0.2, 0.25) is 0 Å². The number of fused-ring (bicyclic) bond motifs is 1. The lowest BCUT2D eigenvalue weighted by molar-refractivity contribution is -0.139. The van der Waals surface area contributed by atoms with Gasteiger partial charge in [-0.3, -0.25) is 9.69 Å². The van der Waals surface area contributed by atoms with Crippen LogP contribution in [0.1, 0.15) is 51.4 Å². The number of amides is 1. The summed E-state index contributed by atoms with van der Waals surface area (Å²) >= 11 is 0. The average molecular weight is 463 g/mol. The summed E-state index contributed by atoms with van der Waals surface area (Å²) in [6.07, 6.45) is 3.02. The van der Waals surface area contributed by atoms with Gasteiger partial charge in [0, 0.05) is 25.7 Å². The number of hydrogen-bond donors (Lipinski definition) is 0. The van der Waals surface area contributed by atoms with Crippen molar-refractivity contribution >= 4 is 16.9 Å². The molecule has 0 unspecified atom stereocenters. The quantitative estimate of drug-likeness (QED) is 0.451. The minimum Gasteiger partial charge on any atom is -0.497 e. The van der Waals surface area contributed by atoms with Crippen LogP contribution in [0.5, 0.6) is 5.75 Å². The fourth-order valence-corrected chi connectivity index (χ4v) is 5.04. The van der Waals surface area contributed by atoms with Crippen LogP contribution < -0.4 is 4.74 Å². The Morgan fingerprint density at radius 3 is 2.62 bits per heavy atom. The highest BCUT2D eigenvalue weighted by Gasteiger charge is 2.30. The molecule has 1 atom stereocenters. The molecule has 1 amide bonds. The number of nitrogens with zero attached hydrogens (tertiary/aromatic N) is 4. The third-order valence-electron chi connectivity index (χ3n) is 6.82. The van der Waals surface area contributed by atoms with Crippen LogP contribution in [0, 0.1) is 5.92 Å². The number of likely N-dealkylation sites (tertiary alicyclic amines) is 1. The number of hydrogen-bond acceptors (Lipinski definition) is 4. The molecule has 1 fully saturated rings. The summed E-state index contributed by atoms with van der Waals surface area (Å²) in [5.74, 6) is 2.30. The Kier molecular flexibility index (Phi) is 7.88. The largest absolute Gasteiger partial charge is 0.497 e. The molecule has 2 heterocycles. The van der Waals surface area contributed by atoms with Gasteiger partial charge in [0.2, 0.25) is 5.91 Å². The fourth-order valence-electron chi connectivity index (χ4n) is 5.04. The predicted molar refractivity (Wildman–Crippen MR) is 137 cm³/mol. The highest BCUT2D eigenvalue weighted by molar-refractivity contribution is 5.79. The number of para-hydroxylation sites is 2. The molecular weight excluding hydrogens is 424 g/mol. The Morgan fingerprint density at radius 1 is 1.15 bits per heavy atom. The van der Waals surface area contributed by atoms with Crippen LogP contribution in [-0.4, -0.2) is 58.0 Å². The zero-order valence-corrected chi connectivity index (χ0v) is 21.0. The summed E-state index contributed by atoms with van der Waals surface area (Å²) in [5.41, 5.74) is 3.38. The van der Waals surface area contributed by atoms with Crippen LogP contribution in [0.4, 0.5) is 0 Å². The average Bonchev–Trinajstić information content (AvgIpc) is 3.19. The lowest BCUT2D eigenvalue weighted by Crippen LogP contribution is -2.47. The fraction of sp³-hybridized carbons (Fsp3) is 0.500. The molecule has 2 aromatic carbocycles. The minimum absolute atomic E-state index is 0.0714. The van der Waals surface area contributed by atoms with E-state index in [1.165, 1.54) is 5.56 Å². The Bertz CT molecular complexity index is 1090. The van der Waals surface area contributed by atoms with Gasteiger partial charge in [-0.2, -0.15) is 0 Å². The van der Waals surface area contributed by atoms with E-state index in [-0.39, 0.29) is 12.0 Å². The third kappa shape index (κ3) is 5.44. The highest BCUT2D eigenvalue weighted by Crippen LogP contribution is 2.24. The monoisotopic (exact) mass is 462 g/mol. The Balaban J connectivity index is 1.54. The smallest absolute Gasteiger partial charge is 0.227 e. The normalized spacial score (nSPS) is 16.8. The van der Waals surface area contributed by atoms with E-state index in [9.17, 15) is 4.79 Å². The van der Waals surface area contributed by atoms with Gasteiger partial charge in [0.25, 0.3) is 0 Å².